The van der Waals surface area contributed by atoms with Gasteiger partial charge in [-0.2, -0.15) is 0 Å². The predicted molar refractivity (Wildman–Crippen MR) is 133 cm³/mol. The van der Waals surface area contributed by atoms with E-state index >= 15 is 0 Å². The maximum absolute atomic E-state index is 13.7. The van der Waals surface area contributed by atoms with Gasteiger partial charge in [0, 0.05) is 24.1 Å². The Morgan fingerprint density at radius 2 is 1.76 bits per heavy atom. The standard InChI is InChI=1S/C29H31N3O2/c1-19(30)22-11-7-12-23(16-22)29(34)32-18-24(20-8-3-2-4-9-20)17-27(32)28(33)31-26-15-14-21-10-5-6-13-25(21)26/h2-13,16,19,24,26-27H,14-15,17-18,30H2,1H3,(H,31,33)/t19?,24-,26+,27-/m0/s1. The third-order valence-electron chi connectivity index (χ3n) is 7.24. The van der Waals surface area contributed by atoms with Crippen molar-refractivity contribution < 1.29 is 9.59 Å². The summed E-state index contributed by atoms with van der Waals surface area (Å²) >= 11 is 0. The van der Waals surface area contributed by atoms with Crippen molar-refractivity contribution in [2.45, 2.75) is 50.2 Å². The van der Waals surface area contributed by atoms with Crippen molar-refractivity contribution in [3.63, 3.8) is 0 Å². The molecule has 3 N–H and O–H groups in total. The lowest BCUT2D eigenvalue weighted by Gasteiger charge is -2.26. The highest BCUT2D eigenvalue weighted by Gasteiger charge is 2.41. The number of aryl methyl sites for hydroxylation is 1. The fourth-order valence-electron chi connectivity index (χ4n) is 5.37. The van der Waals surface area contributed by atoms with Crippen molar-refractivity contribution in [3.8, 4) is 0 Å². The van der Waals surface area contributed by atoms with Crippen LogP contribution in [0.1, 0.15) is 70.4 Å². The quantitative estimate of drug-likeness (QED) is 0.597. The Balaban J connectivity index is 1.41. The second-order valence-corrected chi connectivity index (χ2v) is 9.53. The Kier molecular flexibility index (Phi) is 6.20. The SMILES string of the molecule is CC(N)c1cccc(C(=O)N2C[C@@H](c3ccccc3)C[C@H]2C(=O)N[C@@H]2CCc3ccccc32)c1. The number of nitrogens with two attached hydrogens (primary N) is 1. The molecule has 3 aromatic carbocycles. The van der Waals surface area contributed by atoms with Crippen LogP contribution in [0, 0.1) is 0 Å². The van der Waals surface area contributed by atoms with E-state index in [9.17, 15) is 9.59 Å². The van der Waals surface area contributed by atoms with Crippen LogP contribution in [0.15, 0.2) is 78.9 Å². The van der Waals surface area contributed by atoms with Gasteiger partial charge in [-0.05, 0) is 60.6 Å². The number of rotatable bonds is 5. The van der Waals surface area contributed by atoms with Gasteiger partial charge in [0.05, 0.1) is 6.04 Å². The van der Waals surface area contributed by atoms with Crippen LogP contribution in [-0.2, 0) is 11.2 Å². The summed E-state index contributed by atoms with van der Waals surface area (Å²) in [5.74, 6) is -0.0712. The Hall–Kier alpha value is -3.44. The molecular weight excluding hydrogens is 422 g/mol. The van der Waals surface area contributed by atoms with Gasteiger partial charge in [0.2, 0.25) is 5.91 Å². The van der Waals surface area contributed by atoms with E-state index in [-0.39, 0.29) is 29.8 Å². The molecule has 1 aliphatic heterocycles. The molecule has 0 bridgehead atoms. The van der Waals surface area contributed by atoms with Gasteiger partial charge >= 0.3 is 0 Å². The van der Waals surface area contributed by atoms with Gasteiger partial charge in [0.25, 0.3) is 5.91 Å². The normalized spacial score (nSPS) is 22.3. The molecule has 34 heavy (non-hydrogen) atoms. The van der Waals surface area contributed by atoms with Crippen molar-refractivity contribution >= 4 is 11.8 Å². The van der Waals surface area contributed by atoms with E-state index in [4.69, 9.17) is 5.73 Å². The van der Waals surface area contributed by atoms with Gasteiger partial charge in [-0.25, -0.2) is 0 Å². The van der Waals surface area contributed by atoms with Crippen LogP contribution in [0.25, 0.3) is 0 Å². The molecule has 4 atom stereocenters. The fraction of sp³-hybridized carbons (Fsp3) is 0.310. The predicted octanol–water partition coefficient (Wildman–Crippen LogP) is 4.51. The summed E-state index contributed by atoms with van der Waals surface area (Å²) in [5, 5.41) is 3.26. The number of fused-ring (bicyclic) bond motifs is 1. The molecule has 1 heterocycles. The average Bonchev–Trinajstić information content (AvgIpc) is 3.49. The molecule has 0 saturated carbocycles. The molecule has 2 amide bonds. The van der Waals surface area contributed by atoms with Crippen molar-refractivity contribution in [2.75, 3.05) is 6.54 Å². The molecule has 174 valence electrons. The summed E-state index contributed by atoms with van der Waals surface area (Å²) in [6, 6.07) is 25.2. The molecule has 3 aromatic rings. The molecule has 1 aliphatic carbocycles. The monoisotopic (exact) mass is 453 g/mol. The third kappa shape index (κ3) is 4.36. The number of benzene rings is 3. The first-order chi connectivity index (χ1) is 16.5. The molecule has 1 unspecified atom stereocenters. The van der Waals surface area contributed by atoms with Crippen LogP contribution in [0.5, 0.6) is 0 Å². The molecule has 5 nitrogen and oxygen atoms in total. The van der Waals surface area contributed by atoms with Gasteiger partial charge in [-0.15, -0.1) is 0 Å². The van der Waals surface area contributed by atoms with Crippen LogP contribution in [0.4, 0.5) is 0 Å². The summed E-state index contributed by atoms with van der Waals surface area (Å²) in [6.07, 6.45) is 2.47. The van der Waals surface area contributed by atoms with Crippen LogP contribution in [0.3, 0.4) is 0 Å². The maximum Gasteiger partial charge on any atom is 0.254 e. The first-order valence-corrected chi connectivity index (χ1v) is 12.1. The number of hydrogen-bond acceptors (Lipinski definition) is 3. The zero-order valence-electron chi connectivity index (χ0n) is 19.5. The van der Waals surface area contributed by atoms with Gasteiger partial charge in [0.1, 0.15) is 6.04 Å². The Morgan fingerprint density at radius 1 is 1.00 bits per heavy atom. The lowest BCUT2D eigenvalue weighted by atomic mass is 9.96. The third-order valence-corrected chi connectivity index (χ3v) is 7.24. The number of amides is 2. The number of carbonyl (C=O) groups excluding carboxylic acids is 2. The highest BCUT2D eigenvalue weighted by atomic mass is 16.2. The topological polar surface area (TPSA) is 75.4 Å². The van der Waals surface area contributed by atoms with Crippen molar-refractivity contribution in [1.82, 2.24) is 10.2 Å². The smallest absolute Gasteiger partial charge is 0.254 e. The summed E-state index contributed by atoms with van der Waals surface area (Å²) < 4.78 is 0. The number of carbonyl (C=O) groups is 2. The largest absolute Gasteiger partial charge is 0.347 e. The molecule has 1 saturated heterocycles. The lowest BCUT2D eigenvalue weighted by molar-refractivity contribution is -0.125. The Morgan fingerprint density at radius 3 is 2.56 bits per heavy atom. The van der Waals surface area contributed by atoms with E-state index < -0.39 is 6.04 Å². The van der Waals surface area contributed by atoms with E-state index in [0.29, 0.717) is 18.5 Å². The average molecular weight is 454 g/mol. The number of nitrogens with one attached hydrogen (secondary N) is 1. The van der Waals surface area contributed by atoms with Gasteiger partial charge < -0.3 is 16.0 Å². The van der Waals surface area contributed by atoms with Crippen LogP contribution < -0.4 is 11.1 Å². The first kappa shape index (κ1) is 22.4. The van der Waals surface area contributed by atoms with Gasteiger partial charge in [-0.3, -0.25) is 9.59 Å². The van der Waals surface area contributed by atoms with Crippen LogP contribution in [0.2, 0.25) is 0 Å². The molecule has 5 rings (SSSR count). The Labute approximate surface area is 201 Å². The van der Waals surface area contributed by atoms with E-state index in [2.05, 4.69) is 29.6 Å². The van der Waals surface area contributed by atoms with Crippen molar-refractivity contribution in [2.24, 2.45) is 5.73 Å². The molecule has 2 aliphatic rings. The number of hydrogen-bond donors (Lipinski definition) is 2. The summed E-state index contributed by atoms with van der Waals surface area (Å²) in [4.78, 5) is 29.0. The molecule has 0 spiro atoms. The van der Waals surface area contributed by atoms with Gasteiger partial charge in [-0.1, -0.05) is 66.7 Å². The van der Waals surface area contributed by atoms with E-state index in [0.717, 1.165) is 24.0 Å². The zero-order valence-corrected chi connectivity index (χ0v) is 19.5. The fourth-order valence-corrected chi connectivity index (χ4v) is 5.37. The number of nitrogens with zero attached hydrogens (tertiary/aromatic N) is 1. The Bertz CT molecular complexity index is 1190. The summed E-state index contributed by atoms with van der Waals surface area (Å²) in [5.41, 5.74) is 11.2. The van der Waals surface area contributed by atoms with Crippen LogP contribution in [-0.4, -0.2) is 29.3 Å². The molecule has 5 heteroatoms. The zero-order chi connectivity index (χ0) is 23.7. The maximum atomic E-state index is 13.7. The minimum absolute atomic E-state index is 0.00200. The molecule has 1 fully saturated rings. The summed E-state index contributed by atoms with van der Waals surface area (Å²) in [7, 11) is 0. The lowest BCUT2D eigenvalue weighted by Crippen LogP contribution is -2.46. The molecular formula is C29H31N3O2. The molecule has 0 aromatic heterocycles. The van der Waals surface area contributed by atoms with Crippen LogP contribution >= 0.6 is 0 Å². The highest BCUT2D eigenvalue weighted by molar-refractivity contribution is 5.98. The first-order valence-electron chi connectivity index (χ1n) is 12.1. The van der Waals surface area contributed by atoms with Crippen molar-refractivity contribution in [1.29, 1.82) is 0 Å². The second kappa shape index (κ2) is 9.43. The second-order valence-electron chi connectivity index (χ2n) is 9.53. The number of likely N-dealkylation sites (tertiary alicyclic amines) is 1. The molecule has 0 radical (unpaired) electrons. The minimum atomic E-state index is -0.510. The minimum Gasteiger partial charge on any atom is -0.347 e. The summed E-state index contributed by atoms with van der Waals surface area (Å²) in [6.45, 7) is 2.42. The van der Waals surface area contributed by atoms with Gasteiger partial charge in [0.15, 0.2) is 0 Å². The van der Waals surface area contributed by atoms with E-state index in [1.165, 1.54) is 11.1 Å². The highest BCUT2D eigenvalue weighted by Crippen LogP contribution is 2.35. The van der Waals surface area contributed by atoms with E-state index in [1.54, 1.807) is 4.90 Å². The van der Waals surface area contributed by atoms with Crippen molar-refractivity contribution in [3.05, 3.63) is 107 Å². The van der Waals surface area contributed by atoms with E-state index in [1.807, 2.05) is 61.5 Å².